The first-order chi connectivity index (χ1) is 15.7. The molecule has 0 spiro atoms. The fourth-order valence-corrected chi connectivity index (χ4v) is 4.70. The van der Waals surface area contributed by atoms with Gasteiger partial charge in [0.2, 0.25) is 5.91 Å². The quantitative estimate of drug-likeness (QED) is 0.449. The highest BCUT2D eigenvalue weighted by molar-refractivity contribution is 5.78. The molecule has 0 aliphatic carbocycles. The van der Waals surface area contributed by atoms with E-state index >= 15 is 0 Å². The zero-order valence-corrected chi connectivity index (χ0v) is 18.4. The number of fused-ring (bicyclic) bond motifs is 1. The van der Waals surface area contributed by atoms with E-state index in [4.69, 9.17) is 4.98 Å². The second-order valence-corrected chi connectivity index (χ2v) is 8.71. The maximum absolute atomic E-state index is 12.9. The molecule has 5 rings (SSSR count). The fraction of sp³-hybridized carbons (Fsp3) is 0.296. The first kappa shape index (κ1) is 20.4. The molecule has 1 fully saturated rings. The van der Waals surface area contributed by atoms with Crippen LogP contribution in [0.5, 0.6) is 0 Å². The van der Waals surface area contributed by atoms with Crippen LogP contribution in [0.25, 0.3) is 11.0 Å². The van der Waals surface area contributed by atoms with E-state index in [9.17, 15) is 4.79 Å². The molecule has 1 saturated heterocycles. The molecule has 0 saturated carbocycles. The largest absolute Gasteiger partial charge is 0.342 e. The minimum atomic E-state index is 0.211. The normalized spacial score (nSPS) is 16.0. The van der Waals surface area contributed by atoms with Crippen LogP contribution in [-0.2, 0) is 17.8 Å². The van der Waals surface area contributed by atoms with E-state index < -0.39 is 0 Å². The van der Waals surface area contributed by atoms with Gasteiger partial charge in [0.1, 0.15) is 0 Å². The van der Waals surface area contributed by atoms with E-state index in [1.165, 1.54) is 11.1 Å². The SMILES string of the molecule is Cc1cc(Cc2ccccc2)cc([C@@H]2CCN(C(=O)CCn3cnc4ccccc43)C2)n1. The van der Waals surface area contributed by atoms with Gasteiger partial charge in [-0.05, 0) is 55.2 Å². The van der Waals surface area contributed by atoms with Crippen molar-refractivity contribution >= 4 is 16.9 Å². The van der Waals surface area contributed by atoms with Crippen molar-refractivity contribution in [2.75, 3.05) is 13.1 Å². The van der Waals surface area contributed by atoms with Gasteiger partial charge in [-0.25, -0.2) is 4.98 Å². The first-order valence-corrected chi connectivity index (χ1v) is 11.3. The highest BCUT2D eigenvalue weighted by Crippen LogP contribution is 2.28. The molecule has 5 nitrogen and oxygen atoms in total. The van der Waals surface area contributed by atoms with Crippen LogP contribution >= 0.6 is 0 Å². The minimum Gasteiger partial charge on any atom is -0.342 e. The number of benzene rings is 2. The van der Waals surface area contributed by atoms with Crippen LogP contribution in [0, 0.1) is 6.92 Å². The number of nitrogens with zero attached hydrogens (tertiary/aromatic N) is 4. The topological polar surface area (TPSA) is 51.0 Å². The lowest BCUT2D eigenvalue weighted by Gasteiger charge is -2.17. The van der Waals surface area contributed by atoms with Crippen molar-refractivity contribution in [3.05, 3.63) is 95.6 Å². The predicted octanol–water partition coefficient (Wildman–Crippen LogP) is 4.74. The van der Waals surface area contributed by atoms with Crippen LogP contribution in [-0.4, -0.2) is 38.4 Å². The van der Waals surface area contributed by atoms with Crippen molar-refractivity contribution in [1.82, 2.24) is 19.4 Å². The molecule has 3 heterocycles. The van der Waals surface area contributed by atoms with Gasteiger partial charge < -0.3 is 9.47 Å². The number of aryl methyl sites for hydroxylation is 2. The number of likely N-dealkylation sites (tertiary alicyclic amines) is 1. The van der Waals surface area contributed by atoms with Crippen molar-refractivity contribution < 1.29 is 4.79 Å². The Morgan fingerprint density at radius 3 is 2.72 bits per heavy atom. The highest BCUT2D eigenvalue weighted by atomic mass is 16.2. The van der Waals surface area contributed by atoms with Crippen LogP contribution in [0.2, 0.25) is 0 Å². The Labute approximate surface area is 188 Å². The van der Waals surface area contributed by atoms with E-state index in [2.05, 4.69) is 58.9 Å². The van der Waals surface area contributed by atoms with E-state index in [0.717, 1.165) is 48.4 Å². The average Bonchev–Trinajstić information content (AvgIpc) is 3.46. The van der Waals surface area contributed by atoms with Gasteiger partial charge in [-0.15, -0.1) is 0 Å². The van der Waals surface area contributed by atoms with Crippen LogP contribution < -0.4 is 0 Å². The van der Waals surface area contributed by atoms with Crippen molar-refractivity contribution in [2.24, 2.45) is 0 Å². The molecule has 2 aromatic carbocycles. The second-order valence-electron chi connectivity index (χ2n) is 8.71. The molecule has 1 amide bonds. The Hall–Kier alpha value is -3.47. The number of amides is 1. The van der Waals surface area contributed by atoms with Crippen LogP contribution in [0.15, 0.2) is 73.1 Å². The van der Waals surface area contributed by atoms with Crippen LogP contribution in [0.4, 0.5) is 0 Å². The third kappa shape index (κ3) is 4.42. The summed E-state index contributed by atoms with van der Waals surface area (Å²) in [5.74, 6) is 0.518. The summed E-state index contributed by atoms with van der Waals surface area (Å²) in [6.07, 6.45) is 4.20. The number of imidazole rings is 1. The van der Waals surface area contributed by atoms with E-state index in [1.807, 2.05) is 35.5 Å². The standard InChI is InChI=1S/C27H28N4O/c1-20-15-22(16-21-7-3-2-4-8-21)17-25(29-20)23-11-13-30(18-23)27(32)12-14-31-19-28-24-9-5-6-10-26(24)31/h2-10,15,17,19,23H,11-14,16,18H2,1H3/t23-/m1/s1. The van der Waals surface area contributed by atoms with Gasteiger partial charge >= 0.3 is 0 Å². The number of hydrogen-bond acceptors (Lipinski definition) is 3. The molecular weight excluding hydrogens is 396 g/mol. The average molecular weight is 425 g/mol. The molecule has 1 aliphatic rings. The number of carbonyl (C=O) groups excluding carboxylic acids is 1. The summed E-state index contributed by atoms with van der Waals surface area (Å²) in [5.41, 5.74) is 6.80. The summed E-state index contributed by atoms with van der Waals surface area (Å²) < 4.78 is 2.07. The van der Waals surface area contributed by atoms with Gasteiger partial charge in [-0.3, -0.25) is 9.78 Å². The molecule has 4 aromatic rings. The number of rotatable bonds is 6. The Bertz CT molecular complexity index is 1230. The van der Waals surface area contributed by atoms with Crippen molar-refractivity contribution in [1.29, 1.82) is 0 Å². The Morgan fingerprint density at radius 1 is 1.03 bits per heavy atom. The molecule has 162 valence electrons. The summed E-state index contributed by atoms with van der Waals surface area (Å²) in [6.45, 7) is 4.28. The summed E-state index contributed by atoms with van der Waals surface area (Å²) in [4.78, 5) is 24.1. The van der Waals surface area contributed by atoms with Crippen molar-refractivity contribution in [3.63, 3.8) is 0 Å². The number of pyridine rings is 1. The molecule has 0 bridgehead atoms. The smallest absolute Gasteiger partial charge is 0.224 e. The minimum absolute atomic E-state index is 0.211. The molecule has 0 unspecified atom stereocenters. The Kier molecular flexibility index (Phi) is 5.71. The fourth-order valence-electron chi connectivity index (χ4n) is 4.70. The molecular formula is C27H28N4O. The maximum Gasteiger partial charge on any atom is 0.224 e. The summed E-state index contributed by atoms with van der Waals surface area (Å²) in [6, 6.07) is 23.0. The molecule has 32 heavy (non-hydrogen) atoms. The monoisotopic (exact) mass is 424 g/mol. The molecule has 0 N–H and O–H groups in total. The van der Waals surface area contributed by atoms with Crippen LogP contribution in [0.1, 0.15) is 41.3 Å². The Balaban J connectivity index is 1.22. The van der Waals surface area contributed by atoms with Gasteiger partial charge in [0.05, 0.1) is 17.4 Å². The lowest BCUT2D eigenvalue weighted by atomic mass is 9.98. The summed E-state index contributed by atoms with van der Waals surface area (Å²) >= 11 is 0. The first-order valence-electron chi connectivity index (χ1n) is 11.3. The summed E-state index contributed by atoms with van der Waals surface area (Å²) in [7, 11) is 0. The second kappa shape index (κ2) is 8.95. The van der Waals surface area contributed by atoms with Gasteiger partial charge in [-0.2, -0.15) is 0 Å². The third-order valence-electron chi connectivity index (χ3n) is 6.34. The number of aromatic nitrogens is 3. The Morgan fingerprint density at radius 2 is 1.84 bits per heavy atom. The van der Waals surface area contributed by atoms with E-state index in [0.29, 0.717) is 18.9 Å². The molecule has 0 radical (unpaired) electrons. The van der Waals surface area contributed by atoms with Gasteiger partial charge in [0.15, 0.2) is 0 Å². The number of para-hydroxylation sites is 2. The highest BCUT2D eigenvalue weighted by Gasteiger charge is 2.28. The molecule has 2 aromatic heterocycles. The number of carbonyl (C=O) groups is 1. The van der Waals surface area contributed by atoms with Gasteiger partial charge in [0.25, 0.3) is 0 Å². The van der Waals surface area contributed by atoms with Crippen molar-refractivity contribution in [3.8, 4) is 0 Å². The predicted molar refractivity (Wildman–Crippen MR) is 127 cm³/mol. The summed E-state index contributed by atoms with van der Waals surface area (Å²) in [5, 5.41) is 0. The molecule has 5 heteroatoms. The van der Waals surface area contributed by atoms with E-state index in [-0.39, 0.29) is 5.91 Å². The third-order valence-corrected chi connectivity index (χ3v) is 6.34. The van der Waals surface area contributed by atoms with Crippen molar-refractivity contribution in [2.45, 2.75) is 38.6 Å². The maximum atomic E-state index is 12.9. The van der Waals surface area contributed by atoms with Gasteiger partial charge in [-0.1, -0.05) is 42.5 Å². The molecule has 1 aliphatic heterocycles. The lowest BCUT2D eigenvalue weighted by Crippen LogP contribution is -2.29. The van der Waals surface area contributed by atoms with Gasteiger partial charge in [0, 0.05) is 43.4 Å². The van der Waals surface area contributed by atoms with Crippen LogP contribution in [0.3, 0.4) is 0 Å². The van der Waals surface area contributed by atoms with E-state index in [1.54, 1.807) is 0 Å². The zero-order valence-electron chi connectivity index (χ0n) is 18.4. The lowest BCUT2D eigenvalue weighted by molar-refractivity contribution is -0.130. The molecule has 1 atom stereocenters. The zero-order chi connectivity index (χ0) is 21.9. The number of hydrogen-bond donors (Lipinski definition) is 0.